The molecular weight excluding hydrogens is 322 g/mol. The molecule has 4 rings (SSSR count). The van der Waals surface area contributed by atoms with Crippen LogP contribution in [0, 0.1) is 18.8 Å². The molecule has 2 fully saturated rings. The summed E-state index contributed by atoms with van der Waals surface area (Å²) in [5.74, 6) is -2.75. The third-order valence-corrected chi connectivity index (χ3v) is 5.75. The molecule has 120 valence electrons. The summed E-state index contributed by atoms with van der Waals surface area (Å²) in [6.45, 7) is 1.61. The van der Waals surface area contributed by atoms with E-state index in [4.69, 9.17) is 9.02 Å². The number of benzene rings is 1. The molecule has 8 heteroatoms. The highest BCUT2D eigenvalue weighted by molar-refractivity contribution is 7.86. The van der Waals surface area contributed by atoms with Crippen LogP contribution in [0.25, 0.3) is 0 Å². The molecule has 3 aliphatic heterocycles. The van der Waals surface area contributed by atoms with Crippen LogP contribution in [0.4, 0.5) is 0 Å². The normalized spacial score (nSPS) is 32.0. The largest absolute Gasteiger partial charge is 0.365 e. The van der Waals surface area contributed by atoms with E-state index < -0.39 is 46.0 Å². The number of imide groups is 1. The van der Waals surface area contributed by atoms with Gasteiger partial charge in [0.05, 0.1) is 28.9 Å². The second-order valence-corrected chi connectivity index (χ2v) is 7.26. The Morgan fingerprint density at radius 1 is 1.04 bits per heavy atom. The maximum absolute atomic E-state index is 12.4. The summed E-state index contributed by atoms with van der Waals surface area (Å²) >= 11 is 0. The lowest BCUT2D eigenvalue weighted by molar-refractivity contribution is -0.168. The summed E-state index contributed by atoms with van der Waals surface area (Å²) in [6.07, 6.45) is 2.46. The molecule has 1 aromatic carbocycles. The van der Waals surface area contributed by atoms with Crippen LogP contribution in [-0.2, 0) is 28.7 Å². The molecule has 3 aliphatic rings. The van der Waals surface area contributed by atoms with Crippen molar-refractivity contribution in [3.8, 4) is 0 Å². The van der Waals surface area contributed by atoms with Gasteiger partial charge in [0.2, 0.25) is 0 Å². The van der Waals surface area contributed by atoms with Crippen molar-refractivity contribution in [3.63, 3.8) is 0 Å². The van der Waals surface area contributed by atoms with E-state index in [1.807, 2.05) is 0 Å². The SMILES string of the molecule is Cc1ccccc1S(=O)(=O)ON1C(=O)C2C3C=CC(O3)C2C1=O. The fourth-order valence-corrected chi connectivity index (χ4v) is 4.46. The summed E-state index contributed by atoms with van der Waals surface area (Å²) in [5, 5.41) is 0.382. The van der Waals surface area contributed by atoms with Gasteiger partial charge in [-0.1, -0.05) is 30.4 Å². The van der Waals surface area contributed by atoms with Crippen molar-refractivity contribution in [2.75, 3.05) is 0 Å². The Balaban J connectivity index is 1.64. The third-order valence-electron chi connectivity index (χ3n) is 4.41. The monoisotopic (exact) mass is 335 g/mol. The highest BCUT2D eigenvalue weighted by atomic mass is 32.2. The number of hydrogen-bond donors (Lipinski definition) is 0. The van der Waals surface area contributed by atoms with Crippen molar-refractivity contribution < 1.29 is 27.0 Å². The molecule has 1 aromatic rings. The van der Waals surface area contributed by atoms with E-state index in [0.717, 1.165) is 0 Å². The van der Waals surface area contributed by atoms with E-state index in [1.54, 1.807) is 37.3 Å². The van der Waals surface area contributed by atoms with Crippen molar-refractivity contribution in [1.82, 2.24) is 5.06 Å². The average molecular weight is 335 g/mol. The van der Waals surface area contributed by atoms with Gasteiger partial charge in [-0.25, -0.2) is 0 Å². The number of carbonyl (C=O) groups excluding carboxylic acids is 2. The molecule has 4 unspecified atom stereocenters. The summed E-state index contributed by atoms with van der Waals surface area (Å²) in [7, 11) is -4.26. The van der Waals surface area contributed by atoms with Crippen molar-refractivity contribution >= 4 is 21.9 Å². The summed E-state index contributed by atoms with van der Waals surface area (Å²) in [4.78, 5) is 24.7. The van der Waals surface area contributed by atoms with Crippen LogP contribution in [-0.4, -0.2) is 37.5 Å². The lowest BCUT2D eigenvalue weighted by Gasteiger charge is -2.16. The second-order valence-electron chi connectivity index (χ2n) is 5.77. The molecule has 0 N–H and O–H groups in total. The molecule has 4 atom stereocenters. The number of aryl methyl sites for hydroxylation is 1. The number of hydrogen-bond acceptors (Lipinski definition) is 6. The molecule has 0 radical (unpaired) electrons. The maximum atomic E-state index is 12.4. The molecule has 0 spiro atoms. The first-order valence-corrected chi connectivity index (χ1v) is 8.53. The number of carbonyl (C=O) groups is 2. The van der Waals surface area contributed by atoms with Gasteiger partial charge in [-0.15, -0.1) is 9.35 Å². The molecule has 2 amide bonds. The highest BCUT2D eigenvalue weighted by Gasteiger charge is 2.62. The molecule has 2 bridgehead atoms. The van der Waals surface area contributed by atoms with Gasteiger partial charge in [0.1, 0.15) is 0 Å². The lowest BCUT2D eigenvalue weighted by Crippen LogP contribution is -2.36. The van der Waals surface area contributed by atoms with Gasteiger partial charge in [-0.2, -0.15) is 8.42 Å². The first kappa shape index (κ1) is 14.6. The first-order chi connectivity index (χ1) is 10.9. The number of ether oxygens (including phenoxy) is 1. The molecule has 0 saturated carbocycles. The molecule has 2 saturated heterocycles. The molecule has 7 nitrogen and oxygen atoms in total. The molecule has 0 aromatic heterocycles. The van der Waals surface area contributed by atoms with Crippen LogP contribution in [0.1, 0.15) is 5.56 Å². The second kappa shape index (κ2) is 4.73. The molecule has 0 aliphatic carbocycles. The number of fused-ring (bicyclic) bond motifs is 5. The van der Waals surface area contributed by atoms with Crippen molar-refractivity contribution in [2.24, 2.45) is 11.8 Å². The summed E-state index contributed by atoms with van der Waals surface area (Å²) < 4.78 is 35.1. The third kappa shape index (κ3) is 1.99. The zero-order chi connectivity index (χ0) is 16.4. The van der Waals surface area contributed by atoms with Gasteiger partial charge in [0.25, 0.3) is 11.8 Å². The van der Waals surface area contributed by atoms with Gasteiger partial charge in [0.15, 0.2) is 0 Å². The molecule has 3 heterocycles. The topological polar surface area (TPSA) is 90.0 Å². The average Bonchev–Trinajstić information content (AvgIpc) is 3.17. The molecule has 23 heavy (non-hydrogen) atoms. The fourth-order valence-electron chi connectivity index (χ4n) is 3.32. The number of amides is 2. The Kier molecular flexibility index (Phi) is 2.99. The van der Waals surface area contributed by atoms with E-state index >= 15 is 0 Å². The zero-order valence-electron chi connectivity index (χ0n) is 12.1. The Morgan fingerprint density at radius 2 is 1.61 bits per heavy atom. The van der Waals surface area contributed by atoms with Crippen LogP contribution in [0.5, 0.6) is 0 Å². The molecular formula is C15H13NO6S. The van der Waals surface area contributed by atoms with E-state index in [0.29, 0.717) is 10.6 Å². The van der Waals surface area contributed by atoms with Crippen LogP contribution in [0.2, 0.25) is 0 Å². The number of hydroxylamine groups is 2. The van der Waals surface area contributed by atoms with Crippen LogP contribution in [0.15, 0.2) is 41.3 Å². The van der Waals surface area contributed by atoms with E-state index in [2.05, 4.69) is 0 Å². The Hall–Kier alpha value is -2.03. The maximum Gasteiger partial charge on any atom is 0.318 e. The predicted octanol–water partition coefficient (Wildman–Crippen LogP) is 0.554. The van der Waals surface area contributed by atoms with Crippen molar-refractivity contribution in [3.05, 3.63) is 42.0 Å². The highest BCUT2D eigenvalue weighted by Crippen LogP contribution is 2.45. The van der Waals surface area contributed by atoms with Crippen LogP contribution < -0.4 is 0 Å². The Bertz CT molecular complexity index is 815. The standard InChI is InChI=1S/C15H13NO6S/c1-8-4-2-3-5-11(8)23(19,20)22-16-14(17)12-9-6-7-10(21-9)13(12)15(16)18/h2-7,9-10,12-13H,1H3. The van der Waals surface area contributed by atoms with Gasteiger partial charge in [0, 0.05) is 0 Å². The number of rotatable bonds is 3. The quantitative estimate of drug-likeness (QED) is 0.592. The Morgan fingerprint density at radius 3 is 2.17 bits per heavy atom. The van der Waals surface area contributed by atoms with Gasteiger partial charge in [-0.05, 0) is 18.6 Å². The van der Waals surface area contributed by atoms with Crippen LogP contribution >= 0.6 is 0 Å². The minimum absolute atomic E-state index is 0.0741. The zero-order valence-corrected chi connectivity index (χ0v) is 12.9. The predicted molar refractivity (Wildman–Crippen MR) is 76.1 cm³/mol. The van der Waals surface area contributed by atoms with E-state index in [-0.39, 0.29) is 4.90 Å². The number of nitrogens with zero attached hydrogens (tertiary/aromatic N) is 1. The first-order valence-electron chi connectivity index (χ1n) is 7.12. The lowest BCUT2D eigenvalue weighted by atomic mass is 9.85. The fraction of sp³-hybridized carbons (Fsp3) is 0.333. The van der Waals surface area contributed by atoms with Gasteiger partial charge in [-0.3, -0.25) is 9.59 Å². The van der Waals surface area contributed by atoms with Gasteiger partial charge < -0.3 is 4.74 Å². The minimum atomic E-state index is -4.26. The minimum Gasteiger partial charge on any atom is -0.365 e. The van der Waals surface area contributed by atoms with Crippen LogP contribution in [0.3, 0.4) is 0 Å². The van der Waals surface area contributed by atoms with Gasteiger partial charge >= 0.3 is 10.1 Å². The van der Waals surface area contributed by atoms with E-state index in [9.17, 15) is 18.0 Å². The summed E-state index contributed by atoms with van der Waals surface area (Å²) in [5.41, 5.74) is 0.469. The smallest absolute Gasteiger partial charge is 0.318 e. The van der Waals surface area contributed by atoms with Crippen molar-refractivity contribution in [2.45, 2.75) is 24.0 Å². The summed E-state index contributed by atoms with van der Waals surface area (Å²) in [6, 6.07) is 6.21. The van der Waals surface area contributed by atoms with Crippen molar-refractivity contribution in [1.29, 1.82) is 0 Å². The Labute approximate surface area is 132 Å². The van der Waals surface area contributed by atoms with E-state index in [1.165, 1.54) is 6.07 Å².